The molecule has 21 heavy (non-hydrogen) atoms. The zero-order valence-electron chi connectivity index (χ0n) is 12.4. The predicted molar refractivity (Wildman–Crippen MR) is 83.1 cm³/mol. The van der Waals surface area contributed by atoms with E-state index >= 15 is 0 Å². The minimum Gasteiger partial charge on any atom is -0.494 e. The van der Waals surface area contributed by atoms with Gasteiger partial charge in [0.05, 0.1) is 17.9 Å². The molecule has 0 unspecified atom stereocenters. The molecule has 0 atom stereocenters. The summed E-state index contributed by atoms with van der Waals surface area (Å²) in [6.07, 6.45) is 0. The molecule has 1 aromatic carbocycles. The molecule has 7 heteroatoms. The van der Waals surface area contributed by atoms with Crippen molar-refractivity contribution in [2.75, 3.05) is 12.3 Å². The third-order valence-electron chi connectivity index (χ3n) is 2.69. The van der Waals surface area contributed by atoms with Gasteiger partial charge in [0.15, 0.2) is 5.82 Å². The molecule has 1 heterocycles. The highest BCUT2D eigenvalue weighted by Gasteiger charge is 2.21. The summed E-state index contributed by atoms with van der Waals surface area (Å²) in [6, 6.07) is 5.59. The van der Waals surface area contributed by atoms with Gasteiger partial charge in [0.1, 0.15) is 5.75 Å². The van der Waals surface area contributed by atoms with Crippen LogP contribution in [0.5, 0.6) is 5.75 Å². The molecule has 2 aromatic rings. The Bertz CT molecular complexity index is 607. The smallest absolute Gasteiger partial charge is 0.237 e. The Labute approximate surface area is 128 Å². The van der Waals surface area contributed by atoms with Gasteiger partial charge in [-0.25, -0.2) is 0 Å². The van der Waals surface area contributed by atoms with Crippen molar-refractivity contribution in [2.24, 2.45) is 5.73 Å². The normalized spacial score (nSPS) is 11.6. The number of aromatic nitrogens is 2. The third kappa shape index (κ3) is 4.12. The topological polar surface area (TPSA) is 100 Å². The fourth-order valence-corrected chi connectivity index (χ4v) is 2.44. The number of hydrogen-bond donors (Lipinski definition) is 2. The molecule has 0 saturated heterocycles. The number of ether oxygens (including phenoxy) is 1. The predicted octanol–water partition coefficient (Wildman–Crippen LogP) is 2.54. The molecule has 0 aliphatic rings. The molecule has 0 aliphatic carbocycles. The lowest BCUT2D eigenvalue weighted by atomic mass is 10.1. The molecule has 0 radical (unpaired) electrons. The molecule has 6 nitrogen and oxygen atoms in total. The van der Waals surface area contributed by atoms with Gasteiger partial charge in [0, 0.05) is 10.6 Å². The van der Waals surface area contributed by atoms with Crippen LogP contribution < -0.4 is 16.2 Å². The Balaban J connectivity index is 2.06. The highest BCUT2D eigenvalue weighted by atomic mass is 32.2. The van der Waals surface area contributed by atoms with Gasteiger partial charge in [-0.15, -0.1) is 11.8 Å². The van der Waals surface area contributed by atoms with Gasteiger partial charge >= 0.3 is 0 Å². The lowest BCUT2D eigenvalue weighted by Crippen LogP contribution is -2.30. The van der Waals surface area contributed by atoms with Crippen LogP contribution in [0.15, 0.2) is 27.6 Å². The number of hydrogen-bond acceptors (Lipinski definition) is 7. The molecule has 2 rings (SSSR count). The van der Waals surface area contributed by atoms with E-state index in [-0.39, 0.29) is 0 Å². The summed E-state index contributed by atoms with van der Waals surface area (Å²) in [5.41, 5.74) is 12.0. The first-order valence-corrected chi connectivity index (χ1v) is 7.65. The van der Waals surface area contributed by atoms with Gasteiger partial charge in [-0.3, -0.25) is 0 Å². The fraction of sp³-hybridized carbons (Fsp3) is 0.429. The lowest BCUT2D eigenvalue weighted by molar-refractivity contribution is 0.339. The van der Waals surface area contributed by atoms with Crippen LogP contribution >= 0.6 is 11.8 Å². The highest BCUT2D eigenvalue weighted by Crippen LogP contribution is 2.31. The Kier molecular flexibility index (Phi) is 4.74. The van der Waals surface area contributed by atoms with Gasteiger partial charge in [-0.05, 0) is 39.0 Å². The number of thioether (sulfide) groups is 1. The number of nitrogens with two attached hydrogens (primary N) is 2. The second-order valence-electron chi connectivity index (χ2n) is 5.15. The van der Waals surface area contributed by atoms with E-state index in [1.54, 1.807) is 0 Å². The largest absolute Gasteiger partial charge is 0.494 e. The van der Waals surface area contributed by atoms with E-state index in [0.29, 0.717) is 29.8 Å². The maximum atomic E-state index is 5.96. The molecule has 114 valence electrons. The van der Waals surface area contributed by atoms with E-state index in [2.05, 4.69) is 10.1 Å². The van der Waals surface area contributed by atoms with Crippen molar-refractivity contribution in [1.82, 2.24) is 10.1 Å². The zero-order chi connectivity index (χ0) is 15.5. The zero-order valence-corrected chi connectivity index (χ0v) is 13.2. The molecule has 0 amide bonds. The molecule has 0 spiro atoms. The SMILES string of the molecule is CCOc1ccc(N)c(SCc2nc(C(C)(C)N)no2)c1. The summed E-state index contributed by atoms with van der Waals surface area (Å²) in [5.74, 6) is 2.34. The number of nitrogens with zero attached hydrogens (tertiary/aromatic N) is 2. The van der Waals surface area contributed by atoms with E-state index in [4.69, 9.17) is 20.7 Å². The van der Waals surface area contributed by atoms with Crippen LogP contribution in [-0.2, 0) is 11.3 Å². The molecular weight excluding hydrogens is 288 g/mol. The van der Waals surface area contributed by atoms with Crippen LogP contribution in [0.2, 0.25) is 0 Å². The van der Waals surface area contributed by atoms with Gasteiger partial charge in [-0.1, -0.05) is 5.16 Å². The summed E-state index contributed by atoms with van der Waals surface area (Å²) in [7, 11) is 0. The Morgan fingerprint density at radius 1 is 1.38 bits per heavy atom. The quantitative estimate of drug-likeness (QED) is 0.624. The molecular formula is C14H20N4O2S. The second-order valence-corrected chi connectivity index (χ2v) is 6.17. The van der Waals surface area contributed by atoms with Gasteiger partial charge in [0.25, 0.3) is 0 Å². The first-order valence-electron chi connectivity index (χ1n) is 6.67. The molecule has 0 saturated carbocycles. The maximum absolute atomic E-state index is 5.96. The van der Waals surface area contributed by atoms with Crippen molar-refractivity contribution in [3.8, 4) is 5.75 Å². The standard InChI is InChI=1S/C14H20N4O2S/c1-4-19-9-5-6-10(15)11(7-9)21-8-12-17-13(18-20-12)14(2,3)16/h5-7H,4,8,15-16H2,1-3H3. The fourth-order valence-electron chi connectivity index (χ4n) is 1.61. The summed E-state index contributed by atoms with van der Waals surface area (Å²) in [4.78, 5) is 5.21. The molecule has 0 aliphatic heterocycles. The Morgan fingerprint density at radius 2 is 2.14 bits per heavy atom. The van der Waals surface area contributed by atoms with E-state index in [9.17, 15) is 0 Å². The van der Waals surface area contributed by atoms with E-state index in [0.717, 1.165) is 10.6 Å². The van der Waals surface area contributed by atoms with E-state index < -0.39 is 5.54 Å². The molecule has 0 fully saturated rings. The lowest BCUT2D eigenvalue weighted by Gasteiger charge is -2.11. The average Bonchev–Trinajstić information content (AvgIpc) is 2.88. The number of rotatable bonds is 6. The first-order chi connectivity index (χ1) is 9.90. The second kappa shape index (κ2) is 6.36. The van der Waals surface area contributed by atoms with Crippen molar-refractivity contribution in [2.45, 2.75) is 37.0 Å². The Hall–Kier alpha value is -1.73. The third-order valence-corrected chi connectivity index (χ3v) is 3.75. The number of anilines is 1. The van der Waals surface area contributed by atoms with Crippen molar-refractivity contribution in [1.29, 1.82) is 0 Å². The van der Waals surface area contributed by atoms with Crippen molar-refractivity contribution >= 4 is 17.4 Å². The summed E-state index contributed by atoms with van der Waals surface area (Å²) in [5, 5.41) is 3.89. The van der Waals surface area contributed by atoms with Crippen molar-refractivity contribution < 1.29 is 9.26 Å². The van der Waals surface area contributed by atoms with Crippen LogP contribution in [0.4, 0.5) is 5.69 Å². The van der Waals surface area contributed by atoms with Crippen molar-refractivity contribution in [3.63, 3.8) is 0 Å². The molecule has 4 N–H and O–H groups in total. The van der Waals surface area contributed by atoms with Crippen LogP contribution in [0.25, 0.3) is 0 Å². The maximum Gasteiger partial charge on any atom is 0.237 e. The Morgan fingerprint density at radius 3 is 2.76 bits per heavy atom. The minimum absolute atomic E-state index is 0.495. The van der Waals surface area contributed by atoms with Crippen LogP contribution in [0, 0.1) is 0 Å². The molecule has 1 aromatic heterocycles. The van der Waals surface area contributed by atoms with Crippen LogP contribution in [0.1, 0.15) is 32.5 Å². The number of nitrogen functional groups attached to an aromatic ring is 1. The summed E-state index contributed by atoms with van der Waals surface area (Å²) >= 11 is 1.52. The summed E-state index contributed by atoms with van der Waals surface area (Å²) < 4.78 is 10.7. The van der Waals surface area contributed by atoms with Gasteiger partial charge in [0.2, 0.25) is 5.89 Å². The van der Waals surface area contributed by atoms with E-state index in [1.807, 2.05) is 39.0 Å². The van der Waals surface area contributed by atoms with Gasteiger partial charge in [-0.2, -0.15) is 4.98 Å². The van der Waals surface area contributed by atoms with Crippen LogP contribution in [-0.4, -0.2) is 16.7 Å². The average molecular weight is 308 g/mol. The number of benzene rings is 1. The minimum atomic E-state index is -0.611. The first kappa shape index (κ1) is 15.7. The van der Waals surface area contributed by atoms with Crippen molar-refractivity contribution in [3.05, 3.63) is 29.9 Å². The van der Waals surface area contributed by atoms with Gasteiger partial charge < -0.3 is 20.7 Å². The monoisotopic (exact) mass is 308 g/mol. The molecule has 0 bridgehead atoms. The van der Waals surface area contributed by atoms with Crippen LogP contribution in [0.3, 0.4) is 0 Å². The summed E-state index contributed by atoms with van der Waals surface area (Å²) in [6.45, 7) is 6.22. The highest BCUT2D eigenvalue weighted by molar-refractivity contribution is 7.98. The van der Waals surface area contributed by atoms with E-state index in [1.165, 1.54) is 11.8 Å².